The highest BCUT2D eigenvalue weighted by molar-refractivity contribution is 5.85. The summed E-state index contributed by atoms with van der Waals surface area (Å²) >= 11 is 0. The Balaban J connectivity index is 0.00000169. The molecule has 1 atom stereocenters. The van der Waals surface area contributed by atoms with E-state index >= 15 is 0 Å². The van der Waals surface area contributed by atoms with Gasteiger partial charge in [-0.25, -0.2) is 0 Å². The fourth-order valence-corrected chi connectivity index (χ4v) is 1.13. The van der Waals surface area contributed by atoms with E-state index in [1.54, 1.807) is 14.2 Å². The Labute approximate surface area is 90.6 Å². The molecule has 1 aromatic carbocycles. The number of benzene rings is 1. The van der Waals surface area contributed by atoms with Gasteiger partial charge in [0.1, 0.15) is 5.75 Å². The molecule has 0 saturated carbocycles. The molecule has 1 aromatic rings. The number of rotatable bonds is 4. The van der Waals surface area contributed by atoms with Crippen molar-refractivity contribution in [2.24, 2.45) is 5.73 Å². The van der Waals surface area contributed by atoms with Gasteiger partial charge >= 0.3 is 0 Å². The molecule has 0 unspecified atom stereocenters. The second kappa shape index (κ2) is 6.65. The second-order valence-corrected chi connectivity index (χ2v) is 2.83. The van der Waals surface area contributed by atoms with Gasteiger partial charge in [-0.1, -0.05) is 12.1 Å². The minimum absolute atomic E-state index is 0. The molecule has 80 valence electrons. The Bertz CT molecular complexity index is 251. The number of hydrogen-bond donors (Lipinski definition) is 1. The summed E-state index contributed by atoms with van der Waals surface area (Å²) in [6.07, 6.45) is 0. The van der Waals surface area contributed by atoms with E-state index in [2.05, 4.69) is 0 Å². The van der Waals surface area contributed by atoms with E-state index in [0.29, 0.717) is 6.61 Å². The van der Waals surface area contributed by atoms with Crippen LogP contribution in [0.1, 0.15) is 11.6 Å². The first-order chi connectivity index (χ1) is 6.27. The zero-order chi connectivity index (χ0) is 9.68. The molecule has 0 aliphatic heterocycles. The topological polar surface area (TPSA) is 44.5 Å². The van der Waals surface area contributed by atoms with Gasteiger partial charge in [-0.05, 0) is 17.7 Å². The molecule has 0 radical (unpaired) electrons. The van der Waals surface area contributed by atoms with E-state index in [4.69, 9.17) is 15.2 Å². The number of methoxy groups -OCH3 is 2. The largest absolute Gasteiger partial charge is 0.497 e. The van der Waals surface area contributed by atoms with Crippen molar-refractivity contribution in [1.82, 2.24) is 0 Å². The second-order valence-electron chi connectivity index (χ2n) is 2.83. The van der Waals surface area contributed by atoms with E-state index in [1.807, 2.05) is 24.3 Å². The van der Waals surface area contributed by atoms with Crippen molar-refractivity contribution >= 4 is 12.4 Å². The Morgan fingerprint density at radius 1 is 1.21 bits per heavy atom. The molecule has 0 bridgehead atoms. The van der Waals surface area contributed by atoms with Crippen molar-refractivity contribution in [1.29, 1.82) is 0 Å². The fourth-order valence-electron chi connectivity index (χ4n) is 1.13. The van der Waals surface area contributed by atoms with Crippen molar-refractivity contribution in [3.63, 3.8) is 0 Å². The summed E-state index contributed by atoms with van der Waals surface area (Å²) in [5.41, 5.74) is 6.89. The van der Waals surface area contributed by atoms with Crippen molar-refractivity contribution in [2.75, 3.05) is 20.8 Å². The monoisotopic (exact) mass is 217 g/mol. The molecule has 4 heteroatoms. The van der Waals surface area contributed by atoms with E-state index in [-0.39, 0.29) is 18.4 Å². The quantitative estimate of drug-likeness (QED) is 0.836. The van der Waals surface area contributed by atoms with E-state index in [0.717, 1.165) is 11.3 Å². The van der Waals surface area contributed by atoms with Crippen molar-refractivity contribution in [3.05, 3.63) is 29.8 Å². The van der Waals surface area contributed by atoms with Crippen LogP contribution in [0.5, 0.6) is 5.75 Å². The molecular formula is C10H16ClNO2. The van der Waals surface area contributed by atoms with Gasteiger partial charge in [0.05, 0.1) is 19.8 Å². The summed E-state index contributed by atoms with van der Waals surface area (Å²) in [4.78, 5) is 0. The molecule has 14 heavy (non-hydrogen) atoms. The third-order valence-electron chi connectivity index (χ3n) is 1.89. The lowest BCUT2D eigenvalue weighted by molar-refractivity contribution is 0.181. The summed E-state index contributed by atoms with van der Waals surface area (Å²) in [5, 5.41) is 0. The number of nitrogens with two attached hydrogens (primary N) is 1. The van der Waals surface area contributed by atoms with Crippen LogP contribution in [0, 0.1) is 0 Å². The van der Waals surface area contributed by atoms with Gasteiger partial charge in [-0.2, -0.15) is 0 Å². The van der Waals surface area contributed by atoms with Gasteiger partial charge in [0.25, 0.3) is 0 Å². The molecule has 0 heterocycles. The first-order valence-corrected chi connectivity index (χ1v) is 4.16. The predicted molar refractivity (Wildman–Crippen MR) is 59.0 cm³/mol. The minimum atomic E-state index is -0.0593. The molecule has 2 N–H and O–H groups in total. The van der Waals surface area contributed by atoms with Crippen molar-refractivity contribution in [2.45, 2.75) is 6.04 Å². The molecule has 1 rings (SSSR count). The van der Waals surface area contributed by atoms with Crippen LogP contribution in [0.25, 0.3) is 0 Å². The van der Waals surface area contributed by atoms with Crippen molar-refractivity contribution < 1.29 is 9.47 Å². The van der Waals surface area contributed by atoms with E-state index < -0.39 is 0 Å². The van der Waals surface area contributed by atoms with Gasteiger partial charge in [-0.3, -0.25) is 0 Å². The Morgan fingerprint density at radius 2 is 1.79 bits per heavy atom. The molecule has 0 amide bonds. The number of halogens is 1. The van der Waals surface area contributed by atoms with Gasteiger partial charge in [0.15, 0.2) is 0 Å². The van der Waals surface area contributed by atoms with Gasteiger partial charge in [0, 0.05) is 7.11 Å². The molecule has 0 saturated heterocycles. The first-order valence-electron chi connectivity index (χ1n) is 4.16. The minimum Gasteiger partial charge on any atom is -0.497 e. The lowest BCUT2D eigenvalue weighted by atomic mass is 10.1. The van der Waals surface area contributed by atoms with Gasteiger partial charge < -0.3 is 15.2 Å². The zero-order valence-electron chi connectivity index (χ0n) is 8.40. The van der Waals surface area contributed by atoms with Gasteiger partial charge in [0.2, 0.25) is 0 Å². The third kappa shape index (κ3) is 3.54. The maximum atomic E-state index is 5.83. The molecule has 0 aliphatic rings. The summed E-state index contributed by atoms with van der Waals surface area (Å²) in [7, 11) is 3.29. The highest BCUT2D eigenvalue weighted by Crippen LogP contribution is 2.15. The molecule has 0 spiro atoms. The molecule has 0 aromatic heterocycles. The average molecular weight is 218 g/mol. The Morgan fingerprint density at radius 3 is 2.21 bits per heavy atom. The SMILES string of the molecule is COC[C@H](N)c1ccc(OC)cc1.Cl. The smallest absolute Gasteiger partial charge is 0.118 e. The molecule has 3 nitrogen and oxygen atoms in total. The van der Waals surface area contributed by atoms with E-state index in [1.165, 1.54) is 0 Å². The van der Waals surface area contributed by atoms with Crippen LogP contribution >= 0.6 is 12.4 Å². The molecule has 0 aliphatic carbocycles. The normalized spacial score (nSPS) is 11.6. The van der Waals surface area contributed by atoms with Crippen LogP contribution < -0.4 is 10.5 Å². The lowest BCUT2D eigenvalue weighted by Gasteiger charge is -2.10. The first kappa shape index (κ1) is 13.2. The van der Waals surface area contributed by atoms with Gasteiger partial charge in [-0.15, -0.1) is 12.4 Å². The predicted octanol–water partition coefficient (Wildman–Crippen LogP) is 1.76. The molecular weight excluding hydrogens is 202 g/mol. The van der Waals surface area contributed by atoms with Crippen LogP contribution in [0.15, 0.2) is 24.3 Å². The maximum Gasteiger partial charge on any atom is 0.118 e. The highest BCUT2D eigenvalue weighted by Gasteiger charge is 2.04. The van der Waals surface area contributed by atoms with Crippen LogP contribution in [-0.2, 0) is 4.74 Å². The van der Waals surface area contributed by atoms with Crippen LogP contribution in [0.3, 0.4) is 0 Å². The number of ether oxygens (including phenoxy) is 2. The fraction of sp³-hybridized carbons (Fsp3) is 0.400. The lowest BCUT2D eigenvalue weighted by Crippen LogP contribution is -2.15. The summed E-state index contributed by atoms with van der Waals surface area (Å²) in [5.74, 6) is 0.841. The highest BCUT2D eigenvalue weighted by atomic mass is 35.5. The standard InChI is InChI=1S/C10H15NO2.ClH/c1-12-7-10(11)8-3-5-9(13-2)6-4-8;/h3-6,10H,7,11H2,1-2H3;1H/t10-;/m0./s1. The third-order valence-corrected chi connectivity index (χ3v) is 1.89. The van der Waals surface area contributed by atoms with Crippen LogP contribution in [0.4, 0.5) is 0 Å². The van der Waals surface area contributed by atoms with Crippen molar-refractivity contribution in [3.8, 4) is 5.75 Å². The zero-order valence-corrected chi connectivity index (χ0v) is 9.21. The maximum absolute atomic E-state index is 5.83. The Hall–Kier alpha value is -0.770. The summed E-state index contributed by atoms with van der Waals surface area (Å²) in [6.45, 7) is 0.534. The molecule has 0 fully saturated rings. The average Bonchev–Trinajstić information content (AvgIpc) is 2.18. The number of hydrogen-bond acceptors (Lipinski definition) is 3. The Kier molecular flexibility index (Phi) is 6.28. The van der Waals surface area contributed by atoms with E-state index in [9.17, 15) is 0 Å². The summed E-state index contributed by atoms with van der Waals surface area (Å²) < 4.78 is 10.00. The van der Waals surface area contributed by atoms with Crippen LogP contribution in [0.2, 0.25) is 0 Å². The van der Waals surface area contributed by atoms with Crippen LogP contribution in [-0.4, -0.2) is 20.8 Å². The summed E-state index contributed by atoms with van der Waals surface area (Å²) in [6, 6.07) is 7.62.